The van der Waals surface area contributed by atoms with Crippen LogP contribution >= 0.6 is 0 Å². The molecule has 14 heavy (non-hydrogen) atoms. The third kappa shape index (κ3) is 1.09. The van der Waals surface area contributed by atoms with Crippen LogP contribution in [-0.2, 0) is 6.61 Å². The maximum Gasteiger partial charge on any atom is 0.148 e. The van der Waals surface area contributed by atoms with Crippen molar-refractivity contribution in [3.8, 4) is 5.75 Å². The van der Waals surface area contributed by atoms with Crippen LogP contribution in [0.15, 0.2) is 18.2 Å². The van der Waals surface area contributed by atoms with E-state index in [0.29, 0.717) is 0 Å². The van der Waals surface area contributed by atoms with Crippen LogP contribution in [0.3, 0.4) is 0 Å². The summed E-state index contributed by atoms with van der Waals surface area (Å²) in [5.41, 5.74) is 1.92. The Kier molecular flexibility index (Phi) is 1.53. The molecule has 1 aliphatic heterocycles. The Morgan fingerprint density at radius 2 is 2.29 bits per heavy atom. The molecule has 0 atom stereocenters. The summed E-state index contributed by atoms with van der Waals surface area (Å²) in [6.45, 7) is 0.940. The minimum atomic E-state index is 0.0400. The Hall–Kier alpha value is -1.22. The summed E-state index contributed by atoms with van der Waals surface area (Å²) in [4.78, 5) is 0. The van der Waals surface area contributed by atoms with E-state index in [2.05, 4.69) is 5.32 Å². The van der Waals surface area contributed by atoms with E-state index in [1.54, 1.807) is 0 Å². The van der Waals surface area contributed by atoms with Crippen LogP contribution in [0.1, 0.15) is 18.4 Å². The Morgan fingerprint density at radius 3 is 3.00 bits per heavy atom. The third-order valence-corrected chi connectivity index (χ3v) is 2.99. The quantitative estimate of drug-likeness (QED) is 0.707. The normalized spacial score (nSPS) is 20.9. The Labute approximate surface area is 82.7 Å². The highest BCUT2D eigenvalue weighted by molar-refractivity contribution is 5.62. The minimum absolute atomic E-state index is 0.0400. The fourth-order valence-electron chi connectivity index (χ4n) is 1.90. The van der Waals surface area contributed by atoms with Gasteiger partial charge in [0.15, 0.2) is 0 Å². The van der Waals surface area contributed by atoms with Gasteiger partial charge in [0.1, 0.15) is 11.4 Å². The van der Waals surface area contributed by atoms with Gasteiger partial charge in [0, 0.05) is 5.56 Å². The smallest absolute Gasteiger partial charge is 0.148 e. The van der Waals surface area contributed by atoms with Crippen LogP contribution < -0.4 is 10.1 Å². The molecule has 0 aromatic heterocycles. The van der Waals surface area contributed by atoms with Crippen LogP contribution in [-0.4, -0.2) is 17.3 Å². The molecular formula is C11H13NO2. The average Bonchev–Trinajstić information content (AvgIpc) is 2.97. The second-order valence-corrected chi connectivity index (χ2v) is 4.09. The highest BCUT2D eigenvalue weighted by Gasteiger charge is 2.48. The number of aliphatic hydroxyl groups is 1. The van der Waals surface area contributed by atoms with Gasteiger partial charge >= 0.3 is 0 Å². The Morgan fingerprint density at radius 1 is 1.43 bits per heavy atom. The zero-order valence-electron chi connectivity index (χ0n) is 7.92. The van der Waals surface area contributed by atoms with E-state index in [4.69, 9.17) is 4.74 Å². The second-order valence-electron chi connectivity index (χ2n) is 4.09. The van der Waals surface area contributed by atoms with Gasteiger partial charge < -0.3 is 15.2 Å². The van der Waals surface area contributed by atoms with Gasteiger partial charge in [-0.15, -0.1) is 0 Å². The zero-order valence-corrected chi connectivity index (χ0v) is 7.92. The highest BCUT2D eigenvalue weighted by Crippen LogP contribution is 2.46. The number of hydrogen-bond donors (Lipinski definition) is 2. The molecule has 1 aliphatic carbocycles. The predicted octanol–water partition coefficient (Wildman–Crippen LogP) is 1.52. The van der Waals surface area contributed by atoms with Crippen molar-refractivity contribution in [3.63, 3.8) is 0 Å². The van der Waals surface area contributed by atoms with Crippen molar-refractivity contribution < 1.29 is 9.84 Å². The number of para-hydroxylation sites is 1. The molecule has 1 aromatic rings. The van der Waals surface area contributed by atoms with Crippen molar-refractivity contribution in [2.45, 2.75) is 25.0 Å². The molecule has 0 bridgehead atoms. The first kappa shape index (κ1) is 8.12. The van der Waals surface area contributed by atoms with Gasteiger partial charge in [0.25, 0.3) is 0 Å². The lowest BCUT2D eigenvalue weighted by Gasteiger charge is -2.28. The van der Waals surface area contributed by atoms with Gasteiger partial charge in [-0.05, 0) is 18.9 Å². The van der Waals surface area contributed by atoms with Gasteiger partial charge in [0.05, 0.1) is 18.8 Å². The number of hydrogen-bond acceptors (Lipinski definition) is 3. The van der Waals surface area contributed by atoms with Gasteiger partial charge in [0.2, 0.25) is 0 Å². The lowest BCUT2D eigenvalue weighted by molar-refractivity contribution is 0.176. The van der Waals surface area contributed by atoms with Crippen LogP contribution in [0.25, 0.3) is 0 Å². The van der Waals surface area contributed by atoms with E-state index in [1.807, 2.05) is 18.2 Å². The Bertz CT molecular complexity index is 357. The lowest BCUT2D eigenvalue weighted by Crippen LogP contribution is -2.33. The van der Waals surface area contributed by atoms with E-state index < -0.39 is 0 Å². The Balaban J connectivity index is 2.04. The molecule has 1 heterocycles. The average molecular weight is 191 g/mol. The van der Waals surface area contributed by atoms with Crippen LogP contribution in [0.5, 0.6) is 5.75 Å². The van der Waals surface area contributed by atoms with Crippen LogP contribution in [0.4, 0.5) is 5.69 Å². The molecule has 2 aliphatic rings. The predicted molar refractivity (Wildman–Crippen MR) is 53.4 cm³/mol. The zero-order chi connectivity index (χ0) is 9.60. The second kappa shape index (κ2) is 2.64. The summed E-state index contributed by atoms with van der Waals surface area (Å²) in [5, 5.41) is 12.5. The summed E-state index contributed by atoms with van der Waals surface area (Å²) in [6, 6.07) is 5.83. The van der Waals surface area contributed by atoms with Crippen LogP contribution in [0, 0.1) is 0 Å². The molecule has 1 fully saturated rings. The first-order valence-electron chi connectivity index (χ1n) is 4.99. The largest absolute Gasteiger partial charge is 0.483 e. The number of anilines is 1. The SMILES string of the molecule is OCc1cccc2c1OC1(CC1)CN2. The number of rotatable bonds is 1. The maximum atomic E-state index is 9.18. The van der Waals surface area contributed by atoms with E-state index in [1.165, 1.54) is 0 Å². The number of aliphatic hydroxyl groups excluding tert-OH is 1. The highest BCUT2D eigenvalue weighted by atomic mass is 16.5. The summed E-state index contributed by atoms with van der Waals surface area (Å²) in [5.74, 6) is 0.846. The fraction of sp³-hybridized carbons (Fsp3) is 0.455. The maximum absolute atomic E-state index is 9.18. The number of nitrogens with one attached hydrogen (secondary N) is 1. The summed E-state index contributed by atoms with van der Waals surface area (Å²) in [6.07, 6.45) is 2.25. The van der Waals surface area contributed by atoms with Crippen LogP contribution in [0.2, 0.25) is 0 Å². The lowest BCUT2D eigenvalue weighted by atomic mass is 10.1. The fourth-order valence-corrected chi connectivity index (χ4v) is 1.90. The molecule has 3 heteroatoms. The molecule has 1 saturated carbocycles. The topological polar surface area (TPSA) is 41.5 Å². The first-order valence-corrected chi connectivity index (χ1v) is 4.99. The third-order valence-electron chi connectivity index (χ3n) is 2.99. The van der Waals surface area contributed by atoms with Crippen molar-refractivity contribution >= 4 is 5.69 Å². The molecule has 2 N–H and O–H groups in total. The van der Waals surface area contributed by atoms with Gasteiger partial charge in [-0.1, -0.05) is 12.1 Å². The van der Waals surface area contributed by atoms with Gasteiger partial charge in [-0.2, -0.15) is 0 Å². The van der Waals surface area contributed by atoms with E-state index in [0.717, 1.165) is 36.4 Å². The number of ether oxygens (including phenoxy) is 1. The van der Waals surface area contributed by atoms with Crippen molar-refractivity contribution in [3.05, 3.63) is 23.8 Å². The summed E-state index contributed by atoms with van der Waals surface area (Å²) in [7, 11) is 0. The summed E-state index contributed by atoms with van der Waals surface area (Å²) >= 11 is 0. The first-order chi connectivity index (χ1) is 6.83. The number of fused-ring (bicyclic) bond motifs is 1. The molecule has 0 amide bonds. The van der Waals surface area contributed by atoms with E-state index in [-0.39, 0.29) is 12.2 Å². The molecular weight excluding hydrogens is 178 g/mol. The van der Waals surface area contributed by atoms with Crippen molar-refractivity contribution in [2.75, 3.05) is 11.9 Å². The number of benzene rings is 1. The van der Waals surface area contributed by atoms with E-state index >= 15 is 0 Å². The monoisotopic (exact) mass is 191 g/mol. The van der Waals surface area contributed by atoms with E-state index in [9.17, 15) is 5.11 Å². The molecule has 3 rings (SSSR count). The molecule has 74 valence electrons. The summed E-state index contributed by atoms with van der Waals surface area (Å²) < 4.78 is 5.93. The van der Waals surface area contributed by atoms with Gasteiger partial charge in [-0.25, -0.2) is 0 Å². The molecule has 0 saturated heterocycles. The molecule has 1 spiro atoms. The molecule has 0 unspecified atom stereocenters. The van der Waals surface area contributed by atoms with Crippen molar-refractivity contribution in [1.29, 1.82) is 0 Å². The standard InChI is InChI=1S/C11H13NO2/c13-6-8-2-1-3-9-10(8)14-11(4-5-11)7-12-9/h1-3,12-13H,4-7H2. The molecule has 1 aromatic carbocycles. The van der Waals surface area contributed by atoms with Gasteiger partial charge in [-0.3, -0.25) is 0 Å². The minimum Gasteiger partial charge on any atom is -0.483 e. The van der Waals surface area contributed by atoms with Crippen molar-refractivity contribution in [1.82, 2.24) is 0 Å². The molecule has 0 radical (unpaired) electrons. The molecule has 3 nitrogen and oxygen atoms in total. The van der Waals surface area contributed by atoms with Crippen molar-refractivity contribution in [2.24, 2.45) is 0 Å².